The van der Waals surface area contributed by atoms with Gasteiger partial charge in [-0.25, -0.2) is 0 Å². The van der Waals surface area contributed by atoms with Crippen LogP contribution in [0.5, 0.6) is 17.2 Å². The quantitative estimate of drug-likeness (QED) is 0.437. The Morgan fingerprint density at radius 1 is 0.667 bits per heavy atom. The first-order chi connectivity index (χ1) is 10.1. The lowest BCUT2D eigenvalue weighted by molar-refractivity contribution is 0.364. The number of hydrogen-bond acceptors (Lipinski definition) is 3. The van der Waals surface area contributed by atoms with E-state index in [9.17, 15) is 10.2 Å². The van der Waals surface area contributed by atoms with Crippen LogP contribution in [0.3, 0.4) is 0 Å². The molecule has 1 aromatic carbocycles. The summed E-state index contributed by atoms with van der Waals surface area (Å²) in [6, 6.07) is 3.04. The van der Waals surface area contributed by atoms with Crippen molar-refractivity contribution >= 4 is 0 Å². The number of aromatic hydroxyl groups is 3. The smallest absolute Gasteiger partial charge is 0.200 e. The van der Waals surface area contributed by atoms with E-state index in [1.165, 1.54) is 38.2 Å². The van der Waals surface area contributed by atoms with Gasteiger partial charge >= 0.3 is 0 Å². The molecule has 0 unspecified atom stereocenters. The molecule has 0 spiro atoms. The maximum atomic E-state index is 9.47. The molecule has 3 nitrogen and oxygen atoms in total. The van der Waals surface area contributed by atoms with Crippen LogP contribution in [0, 0.1) is 0 Å². The summed E-state index contributed by atoms with van der Waals surface area (Å²) in [5.74, 6) is -0.887. The van der Waals surface area contributed by atoms with Crippen LogP contribution in [0.15, 0.2) is 12.1 Å². The van der Waals surface area contributed by atoms with Crippen molar-refractivity contribution in [1.29, 1.82) is 0 Å². The largest absolute Gasteiger partial charge is 0.504 e. The third-order valence-electron chi connectivity index (χ3n) is 3.47. The molecule has 0 aromatic heterocycles. The topological polar surface area (TPSA) is 60.7 Å². The van der Waals surface area contributed by atoms with Crippen molar-refractivity contribution in [3.63, 3.8) is 0 Å². The molecule has 0 fully saturated rings. The summed E-state index contributed by atoms with van der Waals surface area (Å²) in [6.45, 7) is 6.60. The number of aryl methyl sites for hydroxylation is 1. The summed E-state index contributed by atoms with van der Waals surface area (Å²) < 4.78 is 0. The summed E-state index contributed by atoms with van der Waals surface area (Å²) >= 11 is 0. The van der Waals surface area contributed by atoms with Crippen LogP contribution in [0.4, 0.5) is 0 Å². The van der Waals surface area contributed by atoms with Gasteiger partial charge in [0.05, 0.1) is 0 Å². The third-order valence-corrected chi connectivity index (χ3v) is 3.47. The fourth-order valence-electron chi connectivity index (χ4n) is 2.05. The molecular weight excluding hydrogens is 264 g/mol. The normalized spacial score (nSPS) is 10.0. The Labute approximate surface area is 129 Å². The minimum Gasteiger partial charge on any atom is -0.504 e. The molecule has 1 aromatic rings. The molecular formula is C18H32O3. The van der Waals surface area contributed by atoms with Gasteiger partial charge in [0.15, 0.2) is 11.5 Å². The van der Waals surface area contributed by atoms with Crippen LogP contribution in [0.2, 0.25) is 0 Å². The first kappa shape index (κ1) is 19.6. The van der Waals surface area contributed by atoms with Crippen LogP contribution in [-0.4, -0.2) is 15.3 Å². The number of benzene rings is 1. The highest BCUT2D eigenvalue weighted by Gasteiger charge is 2.09. The average molecular weight is 296 g/mol. The van der Waals surface area contributed by atoms with E-state index in [1.54, 1.807) is 6.07 Å². The highest BCUT2D eigenvalue weighted by Crippen LogP contribution is 2.37. The van der Waals surface area contributed by atoms with E-state index in [0.717, 1.165) is 25.7 Å². The number of unbranched alkanes of at least 4 members (excludes halogenated alkanes) is 6. The van der Waals surface area contributed by atoms with Gasteiger partial charge in [-0.1, -0.05) is 71.8 Å². The third kappa shape index (κ3) is 8.49. The van der Waals surface area contributed by atoms with Crippen LogP contribution in [-0.2, 0) is 6.42 Å². The summed E-state index contributed by atoms with van der Waals surface area (Å²) in [5.41, 5.74) is 0.689. The van der Waals surface area contributed by atoms with E-state index in [4.69, 9.17) is 5.11 Å². The SMILES string of the molecule is CCCCCCC.CCCCCc1ccc(O)c(O)c1O. The van der Waals surface area contributed by atoms with Gasteiger partial charge in [0.1, 0.15) is 0 Å². The van der Waals surface area contributed by atoms with E-state index < -0.39 is 5.75 Å². The highest BCUT2D eigenvalue weighted by molar-refractivity contribution is 5.53. The van der Waals surface area contributed by atoms with Gasteiger partial charge < -0.3 is 15.3 Å². The monoisotopic (exact) mass is 296 g/mol. The minimum absolute atomic E-state index is 0.193. The Morgan fingerprint density at radius 2 is 1.19 bits per heavy atom. The fourth-order valence-corrected chi connectivity index (χ4v) is 2.05. The first-order valence-corrected chi connectivity index (χ1v) is 8.31. The number of hydrogen-bond donors (Lipinski definition) is 3. The van der Waals surface area contributed by atoms with Gasteiger partial charge in [0.25, 0.3) is 0 Å². The summed E-state index contributed by atoms with van der Waals surface area (Å²) in [5, 5.41) is 27.8. The first-order valence-electron chi connectivity index (χ1n) is 8.31. The molecule has 0 bridgehead atoms. The van der Waals surface area contributed by atoms with Crippen molar-refractivity contribution in [2.75, 3.05) is 0 Å². The Bertz CT molecular complexity index is 371. The lowest BCUT2D eigenvalue weighted by Gasteiger charge is -2.06. The Kier molecular flexibility index (Phi) is 11.6. The second kappa shape index (κ2) is 12.4. The van der Waals surface area contributed by atoms with Gasteiger partial charge in [0, 0.05) is 0 Å². The molecule has 21 heavy (non-hydrogen) atoms. The highest BCUT2D eigenvalue weighted by atomic mass is 16.3. The molecule has 0 radical (unpaired) electrons. The van der Waals surface area contributed by atoms with Crippen molar-refractivity contribution in [2.24, 2.45) is 0 Å². The Morgan fingerprint density at radius 3 is 1.71 bits per heavy atom. The molecule has 0 saturated carbocycles. The van der Waals surface area contributed by atoms with Crippen LogP contribution in [0.1, 0.15) is 77.7 Å². The van der Waals surface area contributed by atoms with Gasteiger partial charge in [-0.05, 0) is 24.5 Å². The summed E-state index contributed by atoms with van der Waals surface area (Å²) in [6.07, 6.45) is 10.9. The molecule has 0 aliphatic rings. The van der Waals surface area contributed by atoms with Crippen molar-refractivity contribution in [3.05, 3.63) is 17.7 Å². The molecule has 0 amide bonds. The van der Waals surface area contributed by atoms with Crippen LogP contribution >= 0.6 is 0 Å². The molecule has 0 saturated heterocycles. The van der Waals surface area contributed by atoms with E-state index in [-0.39, 0.29) is 11.5 Å². The zero-order valence-corrected chi connectivity index (χ0v) is 13.9. The lowest BCUT2D eigenvalue weighted by atomic mass is 10.1. The summed E-state index contributed by atoms with van der Waals surface area (Å²) in [7, 11) is 0. The molecule has 0 aliphatic heterocycles. The standard InChI is InChI=1S/C11H16O3.C7H16/c1-2-3-4-5-8-6-7-9(12)11(14)10(8)13;1-3-5-7-6-4-2/h6-7,12-14H,2-5H2,1H3;3-7H2,1-2H3. The maximum Gasteiger partial charge on any atom is 0.200 e. The van der Waals surface area contributed by atoms with Gasteiger partial charge in [-0.3, -0.25) is 0 Å². The average Bonchev–Trinajstić information content (AvgIpc) is 2.49. The molecule has 3 N–H and O–H groups in total. The zero-order chi connectivity index (χ0) is 16.1. The zero-order valence-electron chi connectivity index (χ0n) is 13.9. The predicted molar refractivity (Wildman–Crippen MR) is 89.1 cm³/mol. The van der Waals surface area contributed by atoms with E-state index in [0.29, 0.717) is 5.56 Å². The van der Waals surface area contributed by atoms with Crippen molar-refractivity contribution in [2.45, 2.75) is 78.6 Å². The molecule has 122 valence electrons. The number of rotatable bonds is 8. The van der Waals surface area contributed by atoms with Gasteiger partial charge in [-0.2, -0.15) is 0 Å². The van der Waals surface area contributed by atoms with Crippen molar-refractivity contribution < 1.29 is 15.3 Å². The van der Waals surface area contributed by atoms with E-state index in [1.807, 2.05) is 0 Å². The van der Waals surface area contributed by atoms with Crippen LogP contribution in [0.25, 0.3) is 0 Å². The van der Waals surface area contributed by atoms with Gasteiger partial charge in [0.2, 0.25) is 5.75 Å². The van der Waals surface area contributed by atoms with E-state index in [2.05, 4.69) is 20.8 Å². The van der Waals surface area contributed by atoms with Crippen LogP contribution < -0.4 is 0 Å². The minimum atomic E-state index is -0.418. The van der Waals surface area contributed by atoms with E-state index >= 15 is 0 Å². The Balaban J connectivity index is 0.000000486. The second-order valence-electron chi connectivity index (χ2n) is 5.46. The van der Waals surface area contributed by atoms with Crippen molar-refractivity contribution in [3.8, 4) is 17.2 Å². The lowest BCUT2D eigenvalue weighted by Crippen LogP contribution is -1.86. The molecule has 1 rings (SSSR count). The number of phenols is 3. The van der Waals surface area contributed by atoms with Gasteiger partial charge in [-0.15, -0.1) is 0 Å². The molecule has 0 heterocycles. The second-order valence-corrected chi connectivity index (χ2v) is 5.46. The summed E-state index contributed by atoms with van der Waals surface area (Å²) in [4.78, 5) is 0. The van der Waals surface area contributed by atoms with Crippen molar-refractivity contribution in [1.82, 2.24) is 0 Å². The maximum absolute atomic E-state index is 9.47. The fraction of sp³-hybridized carbons (Fsp3) is 0.667. The molecule has 0 aliphatic carbocycles. The Hall–Kier alpha value is -1.38. The predicted octanol–water partition coefficient (Wildman–Crippen LogP) is 5.51. The molecule has 0 atom stereocenters. The molecule has 3 heteroatoms. The number of phenolic OH excluding ortho intramolecular Hbond substituents is 3.